The van der Waals surface area contributed by atoms with Gasteiger partial charge in [0.05, 0.1) is 10.0 Å². The van der Waals surface area contributed by atoms with Crippen molar-refractivity contribution in [1.29, 1.82) is 0 Å². The van der Waals surface area contributed by atoms with Crippen LogP contribution in [0.4, 0.5) is 0 Å². The van der Waals surface area contributed by atoms with E-state index in [1.807, 2.05) is 18.2 Å². The lowest BCUT2D eigenvalue weighted by molar-refractivity contribution is 1.43. The standard InChI is InChI=1S/C13H7BrCl4/c14-6-10-8(2-1-3-11(10)16)9-4-7(15)5-12(17)13(9)18/h1-5H,6H2. The minimum absolute atomic E-state index is 0.430. The molecule has 2 aromatic carbocycles. The average molecular weight is 385 g/mol. The number of halogens is 5. The van der Waals surface area contributed by atoms with Crippen molar-refractivity contribution in [2.75, 3.05) is 0 Å². The summed E-state index contributed by atoms with van der Waals surface area (Å²) in [5.74, 6) is 0. The van der Waals surface area contributed by atoms with Crippen LogP contribution in [-0.2, 0) is 5.33 Å². The highest BCUT2D eigenvalue weighted by Gasteiger charge is 2.14. The predicted octanol–water partition coefficient (Wildman–Crippen LogP) is 6.86. The van der Waals surface area contributed by atoms with Crippen molar-refractivity contribution in [3.8, 4) is 11.1 Å². The predicted molar refractivity (Wildman–Crippen MR) is 84.5 cm³/mol. The number of benzene rings is 2. The van der Waals surface area contributed by atoms with E-state index in [2.05, 4.69) is 15.9 Å². The van der Waals surface area contributed by atoms with E-state index in [4.69, 9.17) is 46.4 Å². The molecular weight excluding hydrogens is 378 g/mol. The van der Waals surface area contributed by atoms with E-state index in [-0.39, 0.29) is 0 Å². The lowest BCUT2D eigenvalue weighted by Crippen LogP contribution is -1.89. The van der Waals surface area contributed by atoms with E-state index < -0.39 is 0 Å². The molecule has 0 unspecified atom stereocenters. The molecule has 0 aliphatic heterocycles. The van der Waals surface area contributed by atoms with Crippen LogP contribution in [-0.4, -0.2) is 0 Å². The van der Waals surface area contributed by atoms with Gasteiger partial charge >= 0.3 is 0 Å². The molecule has 0 bridgehead atoms. The van der Waals surface area contributed by atoms with Gasteiger partial charge in [0.25, 0.3) is 0 Å². The topological polar surface area (TPSA) is 0 Å². The van der Waals surface area contributed by atoms with Crippen molar-refractivity contribution < 1.29 is 0 Å². The largest absolute Gasteiger partial charge is 0.0875 e. The first-order chi connectivity index (χ1) is 8.54. The monoisotopic (exact) mass is 382 g/mol. The molecule has 2 aromatic rings. The minimum atomic E-state index is 0.430. The molecular formula is C13H7BrCl4. The molecule has 0 aromatic heterocycles. The van der Waals surface area contributed by atoms with Crippen LogP contribution in [0.1, 0.15) is 5.56 Å². The van der Waals surface area contributed by atoms with Crippen molar-refractivity contribution in [1.82, 2.24) is 0 Å². The van der Waals surface area contributed by atoms with Crippen LogP contribution in [0, 0.1) is 0 Å². The fourth-order valence-corrected chi connectivity index (χ4v) is 3.41. The van der Waals surface area contributed by atoms with Crippen LogP contribution in [0.25, 0.3) is 11.1 Å². The Balaban J connectivity index is 2.73. The van der Waals surface area contributed by atoms with Crippen LogP contribution in [0.15, 0.2) is 30.3 Å². The van der Waals surface area contributed by atoms with Crippen molar-refractivity contribution in [2.45, 2.75) is 5.33 Å². The highest BCUT2D eigenvalue weighted by molar-refractivity contribution is 9.08. The van der Waals surface area contributed by atoms with Gasteiger partial charge in [0, 0.05) is 20.9 Å². The third kappa shape index (κ3) is 2.81. The molecule has 18 heavy (non-hydrogen) atoms. The van der Waals surface area contributed by atoms with E-state index in [0.717, 1.165) is 16.7 Å². The number of hydrogen-bond acceptors (Lipinski definition) is 0. The number of hydrogen-bond donors (Lipinski definition) is 0. The maximum absolute atomic E-state index is 6.23. The van der Waals surface area contributed by atoms with Gasteiger partial charge in [-0.15, -0.1) is 0 Å². The van der Waals surface area contributed by atoms with Crippen molar-refractivity contribution >= 4 is 62.3 Å². The maximum Gasteiger partial charge on any atom is 0.0671 e. The zero-order valence-corrected chi connectivity index (χ0v) is 13.6. The number of rotatable bonds is 2. The first-order valence-corrected chi connectivity index (χ1v) is 7.66. The molecule has 0 atom stereocenters. The van der Waals surface area contributed by atoms with Crippen LogP contribution < -0.4 is 0 Å². The number of alkyl halides is 1. The highest BCUT2D eigenvalue weighted by Crippen LogP contribution is 2.39. The molecule has 0 heterocycles. The van der Waals surface area contributed by atoms with Crippen LogP contribution in [0.2, 0.25) is 20.1 Å². The van der Waals surface area contributed by atoms with Gasteiger partial charge in [-0.25, -0.2) is 0 Å². The fourth-order valence-electron chi connectivity index (χ4n) is 1.70. The van der Waals surface area contributed by atoms with Gasteiger partial charge < -0.3 is 0 Å². The summed E-state index contributed by atoms with van der Waals surface area (Å²) < 4.78 is 0. The Labute approximate surface area is 134 Å². The Bertz CT molecular complexity index is 596. The van der Waals surface area contributed by atoms with Crippen molar-refractivity contribution in [2.24, 2.45) is 0 Å². The molecule has 0 N–H and O–H groups in total. The van der Waals surface area contributed by atoms with Gasteiger partial charge in [-0.05, 0) is 29.3 Å². The summed E-state index contributed by atoms with van der Waals surface area (Å²) in [4.78, 5) is 0. The third-order valence-electron chi connectivity index (χ3n) is 2.54. The normalized spacial score (nSPS) is 10.7. The Hall–Kier alpha value is 0.0800. The molecule has 0 spiro atoms. The summed E-state index contributed by atoms with van der Waals surface area (Å²) in [5, 5.41) is 2.75. The zero-order valence-electron chi connectivity index (χ0n) is 8.98. The maximum atomic E-state index is 6.23. The molecule has 0 fully saturated rings. The molecule has 2 rings (SSSR count). The zero-order chi connectivity index (χ0) is 13.3. The molecule has 0 nitrogen and oxygen atoms in total. The molecule has 0 radical (unpaired) electrons. The van der Waals surface area contributed by atoms with Crippen LogP contribution in [0.3, 0.4) is 0 Å². The highest BCUT2D eigenvalue weighted by atomic mass is 79.9. The summed E-state index contributed by atoms with van der Waals surface area (Å²) in [7, 11) is 0. The first-order valence-electron chi connectivity index (χ1n) is 5.03. The Morgan fingerprint density at radius 2 is 1.61 bits per heavy atom. The third-order valence-corrected chi connectivity index (χ3v) is 4.47. The molecule has 0 amide bonds. The lowest BCUT2D eigenvalue weighted by Gasteiger charge is -2.12. The Morgan fingerprint density at radius 1 is 0.889 bits per heavy atom. The summed E-state index contributed by atoms with van der Waals surface area (Å²) in [6.45, 7) is 0. The second kappa shape index (κ2) is 6.02. The van der Waals surface area contributed by atoms with Gasteiger partial charge in [0.1, 0.15) is 0 Å². The quantitative estimate of drug-likeness (QED) is 0.391. The fraction of sp³-hybridized carbons (Fsp3) is 0.0769. The van der Waals surface area contributed by atoms with E-state index in [0.29, 0.717) is 25.4 Å². The second-order valence-electron chi connectivity index (χ2n) is 3.65. The van der Waals surface area contributed by atoms with Gasteiger partial charge in [0.15, 0.2) is 0 Å². The molecule has 0 aliphatic carbocycles. The molecule has 0 saturated carbocycles. The van der Waals surface area contributed by atoms with E-state index >= 15 is 0 Å². The van der Waals surface area contributed by atoms with Crippen molar-refractivity contribution in [3.05, 3.63) is 56.0 Å². The van der Waals surface area contributed by atoms with Gasteiger partial charge in [0.2, 0.25) is 0 Å². The van der Waals surface area contributed by atoms with Crippen LogP contribution >= 0.6 is 62.3 Å². The summed E-state index contributed by atoms with van der Waals surface area (Å²) >= 11 is 27.9. The van der Waals surface area contributed by atoms with Gasteiger partial charge in [-0.1, -0.05) is 74.5 Å². The van der Waals surface area contributed by atoms with Gasteiger partial charge in [-0.3, -0.25) is 0 Å². The molecule has 0 aliphatic rings. The smallest absolute Gasteiger partial charge is 0.0671 e. The molecule has 0 saturated heterocycles. The Kier molecular flexibility index (Phi) is 4.85. The van der Waals surface area contributed by atoms with E-state index in [9.17, 15) is 0 Å². The van der Waals surface area contributed by atoms with Crippen LogP contribution in [0.5, 0.6) is 0 Å². The first kappa shape index (κ1) is 14.5. The SMILES string of the molecule is Clc1cc(Cl)c(Cl)c(-c2cccc(Cl)c2CBr)c1. The molecule has 94 valence electrons. The second-order valence-corrected chi connectivity index (χ2v) is 5.84. The summed E-state index contributed by atoms with van der Waals surface area (Å²) in [5.41, 5.74) is 2.67. The minimum Gasteiger partial charge on any atom is -0.0875 e. The average Bonchev–Trinajstić information content (AvgIpc) is 2.33. The Morgan fingerprint density at radius 3 is 2.28 bits per heavy atom. The van der Waals surface area contributed by atoms with Gasteiger partial charge in [-0.2, -0.15) is 0 Å². The summed E-state index contributed by atoms with van der Waals surface area (Å²) in [6.07, 6.45) is 0. The lowest BCUT2D eigenvalue weighted by atomic mass is 10.0. The van der Waals surface area contributed by atoms with Crippen molar-refractivity contribution in [3.63, 3.8) is 0 Å². The summed E-state index contributed by atoms with van der Waals surface area (Å²) in [6, 6.07) is 9.05. The van der Waals surface area contributed by atoms with E-state index in [1.165, 1.54) is 0 Å². The van der Waals surface area contributed by atoms with E-state index in [1.54, 1.807) is 12.1 Å². The molecule has 5 heteroatoms.